The average molecular weight is 615 g/mol. The van der Waals surface area contributed by atoms with E-state index in [0.29, 0.717) is 19.8 Å². The summed E-state index contributed by atoms with van der Waals surface area (Å²) in [6, 6.07) is 39.6. The van der Waals surface area contributed by atoms with Crippen LogP contribution in [0.4, 0.5) is 0 Å². The van der Waals surface area contributed by atoms with Crippen LogP contribution in [0.3, 0.4) is 0 Å². The summed E-state index contributed by atoms with van der Waals surface area (Å²) < 4.78 is 38.5. The molecule has 8 heteroatoms. The quantitative estimate of drug-likeness (QED) is 0.171. The minimum Gasteiger partial charge on any atom is -0.394 e. The molecular weight excluding hydrogens is 572 g/mol. The third-order valence-corrected chi connectivity index (χ3v) is 7.50. The van der Waals surface area contributed by atoms with Crippen LogP contribution in [0.25, 0.3) is 0 Å². The van der Waals surface area contributed by atoms with Crippen LogP contribution in [0.2, 0.25) is 0 Å². The standard InChI is InChI=1S/C37H42O8/c38-21-32(39)26-44-37-36(43-25-31-19-11-4-12-20-31)35(42-24-30-17-9-3-10-18-30)34(41-23-29-15-7-2-8-16-29)33(45-37)27-40-22-28-13-5-1-6-14-28/h1-20,32-39H,21-27H2/t32-,33+,34+,35-,36+,37+/m0/s1. The van der Waals surface area contributed by atoms with E-state index in [1.165, 1.54) is 0 Å². The van der Waals surface area contributed by atoms with Crippen molar-refractivity contribution in [2.45, 2.75) is 63.2 Å². The first-order valence-electron chi connectivity index (χ1n) is 15.3. The van der Waals surface area contributed by atoms with Crippen LogP contribution in [-0.2, 0) is 54.8 Å². The predicted octanol–water partition coefficient (Wildman–Crippen LogP) is 5.05. The molecule has 0 bridgehead atoms. The van der Waals surface area contributed by atoms with Crippen LogP contribution in [0.5, 0.6) is 0 Å². The second kappa shape index (κ2) is 17.9. The fourth-order valence-corrected chi connectivity index (χ4v) is 5.14. The molecule has 1 saturated heterocycles. The number of benzene rings is 4. The van der Waals surface area contributed by atoms with Crippen molar-refractivity contribution < 1.29 is 38.6 Å². The van der Waals surface area contributed by atoms with Crippen molar-refractivity contribution in [2.75, 3.05) is 19.8 Å². The van der Waals surface area contributed by atoms with E-state index in [0.717, 1.165) is 22.3 Å². The van der Waals surface area contributed by atoms with E-state index in [2.05, 4.69) is 0 Å². The summed E-state index contributed by atoms with van der Waals surface area (Å²) in [6.45, 7) is 0.926. The number of hydrogen-bond acceptors (Lipinski definition) is 8. The second-order valence-electron chi connectivity index (χ2n) is 11.0. The van der Waals surface area contributed by atoms with E-state index in [1.54, 1.807) is 0 Å². The number of aliphatic hydroxyl groups is 2. The molecule has 4 aromatic rings. The Morgan fingerprint density at radius 2 is 0.956 bits per heavy atom. The predicted molar refractivity (Wildman–Crippen MR) is 169 cm³/mol. The van der Waals surface area contributed by atoms with E-state index in [1.807, 2.05) is 121 Å². The lowest BCUT2D eigenvalue weighted by molar-refractivity contribution is -0.331. The Morgan fingerprint density at radius 1 is 0.533 bits per heavy atom. The minimum atomic E-state index is -1.08. The maximum absolute atomic E-state index is 10.1. The molecule has 1 aliphatic heterocycles. The van der Waals surface area contributed by atoms with Gasteiger partial charge in [0.05, 0.1) is 46.2 Å². The van der Waals surface area contributed by atoms with Crippen LogP contribution >= 0.6 is 0 Å². The van der Waals surface area contributed by atoms with Crippen molar-refractivity contribution in [3.8, 4) is 0 Å². The number of rotatable bonds is 17. The highest BCUT2D eigenvalue weighted by atomic mass is 16.7. The number of hydrogen-bond donors (Lipinski definition) is 2. The van der Waals surface area contributed by atoms with E-state index in [9.17, 15) is 10.2 Å². The van der Waals surface area contributed by atoms with Gasteiger partial charge >= 0.3 is 0 Å². The van der Waals surface area contributed by atoms with Crippen LogP contribution in [0.15, 0.2) is 121 Å². The Bertz CT molecular complexity index is 1340. The second-order valence-corrected chi connectivity index (χ2v) is 11.0. The molecule has 0 aromatic heterocycles. The summed E-state index contributed by atoms with van der Waals surface area (Å²) in [5.41, 5.74) is 4.02. The smallest absolute Gasteiger partial charge is 0.187 e. The van der Waals surface area contributed by atoms with Crippen molar-refractivity contribution in [1.82, 2.24) is 0 Å². The van der Waals surface area contributed by atoms with Gasteiger partial charge in [0.25, 0.3) is 0 Å². The Hall–Kier alpha value is -3.44. The number of aliphatic hydroxyl groups excluding tert-OH is 2. The van der Waals surface area contributed by atoms with Gasteiger partial charge in [0, 0.05) is 0 Å². The topological polar surface area (TPSA) is 95.8 Å². The molecule has 1 heterocycles. The Morgan fingerprint density at radius 3 is 1.42 bits per heavy atom. The summed E-state index contributed by atoms with van der Waals surface area (Å²) in [5, 5.41) is 19.6. The van der Waals surface area contributed by atoms with Gasteiger partial charge in [-0.2, -0.15) is 0 Å². The van der Waals surface area contributed by atoms with Gasteiger partial charge in [0.15, 0.2) is 6.29 Å². The lowest BCUT2D eigenvalue weighted by Crippen LogP contribution is -2.62. The van der Waals surface area contributed by atoms with Crippen molar-refractivity contribution in [2.24, 2.45) is 0 Å². The molecule has 45 heavy (non-hydrogen) atoms. The molecule has 238 valence electrons. The summed E-state index contributed by atoms with van der Waals surface area (Å²) in [4.78, 5) is 0. The minimum absolute atomic E-state index is 0.148. The molecule has 0 spiro atoms. The highest BCUT2D eigenvalue weighted by Crippen LogP contribution is 2.31. The zero-order valence-electron chi connectivity index (χ0n) is 25.3. The largest absolute Gasteiger partial charge is 0.394 e. The van der Waals surface area contributed by atoms with Crippen LogP contribution in [0, 0.1) is 0 Å². The summed E-state index contributed by atoms with van der Waals surface area (Å²) in [6.07, 6.45) is -4.55. The number of ether oxygens (including phenoxy) is 6. The van der Waals surface area contributed by atoms with Crippen LogP contribution in [0.1, 0.15) is 22.3 Å². The van der Waals surface area contributed by atoms with Gasteiger partial charge in [-0.25, -0.2) is 0 Å². The van der Waals surface area contributed by atoms with Gasteiger partial charge in [-0.15, -0.1) is 0 Å². The molecule has 2 N–H and O–H groups in total. The molecular formula is C37H42O8. The van der Waals surface area contributed by atoms with Crippen molar-refractivity contribution >= 4 is 0 Å². The molecule has 0 saturated carbocycles. The Labute approximate surface area is 265 Å². The molecule has 8 nitrogen and oxygen atoms in total. The first-order chi connectivity index (χ1) is 22.2. The van der Waals surface area contributed by atoms with Crippen molar-refractivity contribution in [3.63, 3.8) is 0 Å². The van der Waals surface area contributed by atoms with E-state index in [4.69, 9.17) is 28.4 Å². The average Bonchev–Trinajstić information content (AvgIpc) is 3.10. The molecule has 0 radical (unpaired) electrons. The summed E-state index contributed by atoms with van der Waals surface area (Å²) in [5.74, 6) is 0. The first-order valence-corrected chi connectivity index (χ1v) is 15.3. The van der Waals surface area contributed by atoms with Gasteiger partial charge in [-0.1, -0.05) is 121 Å². The zero-order valence-corrected chi connectivity index (χ0v) is 25.3. The SMILES string of the molecule is OC[C@H](O)CO[C@@H]1O[C@H](COCc2ccccc2)[C@@H](OCc2ccccc2)[C@H](OCc2ccccc2)[C@H]1OCc1ccccc1. The Balaban J connectivity index is 1.43. The molecule has 5 rings (SSSR count). The molecule has 1 fully saturated rings. The summed E-state index contributed by atoms with van der Waals surface area (Å²) in [7, 11) is 0. The van der Waals surface area contributed by atoms with Gasteiger partial charge < -0.3 is 38.6 Å². The van der Waals surface area contributed by atoms with Gasteiger partial charge in [-0.05, 0) is 22.3 Å². The van der Waals surface area contributed by atoms with Crippen molar-refractivity contribution in [1.29, 1.82) is 0 Å². The third kappa shape index (κ3) is 10.3. The third-order valence-electron chi connectivity index (χ3n) is 7.50. The fourth-order valence-electron chi connectivity index (χ4n) is 5.14. The zero-order chi connectivity index (χ0) is 31.1. The molecule has 4 aromatic carbocycles. The lowest BCUT2D eigenvalue weighted by Gasteiger charge is -2.46. The monoisotopic (exact) mass is 614 g/mol. The van der Waals surface area contributed by atoms with E-state index < -0.39 is 43.4 Å². The Kier molecular flexibility index (Phi) is 13.1. The van der Waals surface area contributed by atoms with Gasteiger partial charge in [-0.3, -0.25) is 0 Å². The first kappa shape index (κ1) is 32.9. The maximum atomic E-state index is 10.1. The van der Waals surface area contributed by atoms with Crippen molar-refractivity contribution in [3.05, 3.63) is 144 Å². The van der Waals surface area contributed by atoms with E-state index >= 15 is 0 Å². The fraction of sp³-hybridized carbons (Fsp3) is 0.351. The lowest BCUT2D eigenvalue weighted by atomic mass is 9.97. The van der Waals surface area contributed by atoms with Crippen LogP contribution < -0.4 is 0 Å². The molecule has 1 aliphatic rings. The van der Waals surface area contributed by atoms with E-state index in [-0.39, 0.29) is 19.8 Å². The maximum Gasteiger partial charge on any atom is 0.187 e. The van der Waals surface area contributed by atoms with Gasteiger partial charge in [0.1, 0.15) is 30.5 Å². The molecule has 6 atom stereocenters. The molecule has 0 amide bonds. The van der Waals surface area contributed by atoms with Gasteiger partial charge in [0.2, 0.25) is 0 Å². The molecule has 0 unspecified atom stereocenters. The molecule has 0 aliphatic carbocycles. The highest BCUT2D eigenvalue weighted by molar-refractivity contribution is 5.16. The normalized spacial score (nSPS) is 22.2. The van der Waals surface area contributed by atoms with Crippen LogP contribution in [-0.4, -0.2) is 66.8 Å². The highest BCUT2D eigenvalue weighted by Gasteiger charge is 2.49. The summed E-state index contributed by atoms with van der Waals surface area (Å²) >= 11 is 0.